The third kappa shape index (κ3) is 5.06. The fraction of sp³-hybridized carbons (Fsp3) is 0.235. The van der Waals surface area contributed by atoms with Crippen molar-refractivity contribution in [3.63, 3.8) is 0 Å². The number of carbonyl (C=O) groups excluding carboxylic acids is 1. The van der Waals surface area contributed by atoms with Crippen molar-refractivity contribution < 1.29 is 13.2 Å². The van der Waals surface area contributed by atoms with Gasteiger partial charge in [-0.3, -0.25) is 4.79 Å². The fourth-order valence-corrected chi connectivity index (χ4v) is 3.73. The Balaban J connectivity index is 1.85. The molecule has 0 saturated heterocycles. The molecule has 0 aliphatic heterocycles. The first-order valence-electron chi connectivity index (χ1n) is 7.48. The van der Waals surface area contributed by atoms with Gasteiger partial charge in [0.1, 0.15) is 4.90 Å². The van der Waals surface area contributed by atoms with Crippen LogP contribution in [0.4, 0.5) is 0 Å². The smallest absolute Gasteiger partial charge is 0.242 e. The van der Waals surface area contributed by atoms with Crippen LogP contribution in [0.2, 0.25) is 5.02 Å². The predicted octanol–water partition coefficient (Wildman–Crippen LogP) is 2.89. The molecule has 1 unspecified atom stereocenters. The number of sulfonamides is 1. The van der Waals surface area contributed by atoms with Gasteiger partial charge in [-0.05, 0) is 24.6 Å². The van der Waals surface area contributed by atoms with Crippen LogP contribution in [0.25, 0.3) is 0 Å². The van der Waals surface area contributed by atoms with E-state index in [1.807, 2.05) is 37.3 Å². The largest absolute Gasteiger partial charge is 0.350 e. The summed E-state index contributed by atoms with van der Waals surface area (Å²) in [7, 11) is -3.73. The molecule has 0 aliphatic rings. The monoisotopic (exact) mass is 366 g/mol. The molecule has 0 fully saturated rings. The van der Waals surface area contributed by atoms with E-state index in [1.54, 1.807) is 12.1 Å². The second-order valence-electron chi connectivity index (χ2n) is 5.28. The van der Waals surface area contributed by atoms with Crippen LogP contribution in [0.5, 0.6) is 0 Å². The molecule has 0 radical (unpaired) electrons. The van der Waals surface area contributed by atoms with Crippen molar-refractivity contribution in [1.29, 1.82) is 0 Å². The number of benzene rings is 2. The van der Waals surface area contributed by atoms with Crippen LogP contribution in [-0.2, 0) is 14.8 Å². The highest BCUT2D eigenvalue weighted by atomic mass is 35.5. The molecule has 1 amide bonds. The Hall–Kier alpha value is -1.89. The van der Waals surface area contributed by atoms with E-state index in [9.17, 15) is 13.2 Å². The lowest BCUT2D eigenvalue weighted by Gasteiger charge is -2.14. The van der Waals surface area contributed by atoms with Gasteiger partial charge in [-0.15, -0.1) is 0 Å². The summed E-state index contributed by atoms with van der Waals surface area (Å²) in [5, 5.41) is 2.98. The molecule has 2 rings (SSSR count). The Labute approximate surface area is 147 Å². The highest BCUT2D eigenvalue weighted by Crippen LogP contribution is 2.20. The highest BCUT2D eigenvalue weighted by Gasteiger charge is 2.17. The molecule has 0 bridgehead atoms. The van der Waals surface area contributed by atoms with Crippen molar-refractivity contribution in [2.24, 2.45) is 0 Å². The van der Waals surface area contributed by atoms with Gasteiger partial charge in [0.25, 0.3) is 0 Å². The van der Waals surface area contributed by atoms with E-state index in [1.165, 1.54) is 12.1 Å². The topological polar surface area (TPSA) is 75.3 Å². The van der Waals surface area contributed by atoms with E-state index < -0.39 is 10.0 Å². The second kappa shape index (κ2) is 8.28. The average molecular weight is 367 g/mol. The van der Waals surface area contributed by atoms with Crippen molar-refractivity contribution in [1.82, 2.24) is 10.0 Å². The van der Waals surface area contributed by atoms with E-state index in [2.05, 4.69) is 10.0 Å². The number of hydrogen-bond donors (Lipinski definition) is 2. The summed E-state index contributed by atoms with van der Waals surface area (Å²) in [4.78, 5) is 11.9. The molecule has 2 N–H and O–H groups in total. The Morgan fingerprint density at radius 1 is 1.08 bits per heavy atom. The van der Waals surface area contributed by atoms with Gasteiger partial charge in [-0.2, -0.15) is 0 Å². The zero-order valence-corrected chi connectivity index (χ0v) is 14.8. The zero-order chi connectivity index (χ0) is 17.6. The molecule has 5 nitrogen and oxygen atoms in total. The van der Waals surface area contributed by atoms with E-state index in [0.29, 0.717) is 0 Å². The quantitative estimate of drug-likeness (QED) is 0.791. The summed E-state index contributed by atoms with van der Waals surface area (Å²) in [6.07, 6.45) is 0.0425. The van der Waals surface area contributed by atoms with E-state index in [-0.39, 0.29) is 34.8 Å². The molecule has 0 aliphatic carbocycles. The molecule has 7 heteroatoms. The Morgan fingerprint density at radius 2 is 1.71 bits per heavy atom. The molecule has 0 heterocycles. The van der Waals surface area contributed by atoms with Crippen LogP contribution in [0, 0.1) is 0 Å². The molecule has 24 heavy (non-hydrogen) atoms. The summed E-state index contributed by atoms with van der Waals surface area (Å²) in [6.45, 7) is 1.88. The first-order valence-corrected chi connectivity index (χ1v) is 9.35. The van der Waals surface area contributed by atoms with Crippen LogP contribution in [0.15, 0.2) is 59.5 Å². The maximum Gasteiger partial charge on any atom is 0.242 e. The van der Waals surface area contributed by atoms with Crippen molar-refractivity contribution in [3.8, 4) is 0 Å². The minimum Gasteiger partial charge on any atom is -0.350 e. The second-order valence-corrected chi connectivity index (χ2v) is 7.42. The molecule has 2 aromatic rings. The lowest BCUT2D eigenvalue weighted by atomic mass is 10.1. The maximum atomic E-state index is 12.2. The maximum absolute atomic E-state index is 12.2. The lowest BCUT2D eigenvalue weighted by molar-refractivity contribution is -0.121. The Morgan fingerprint density at radius 3 is 2.38 bits per heavy atom. The molecule has 0 spiro atoms. The fourth-order valence-electron chi connectivity index (χ4n) is 2.18. The number of halogens is 1. The van der Waals surface area contributed by atoms with Crippen molar-refractivity contribution in [3.05, 3.63) is 65.2 Å². The molecular formula is C17H19ClN2O3S. The van der Waals surface area contributed by atoms with Gasteiger partial charge >= 0.3 is 0 Å². The normalized spacial score (nSPS) is 12.6. The molecule has 0 aromatic heterocycles. The lowest BCUT2D eigenvalue weighted by Crippen LogP contribution is -2.32. The summed E-state index contributed by atoms with van der Waals surface area (Å²) in [5.74, 6) is -0.229. The van der Waals surface area contributed by atoms with Crippen LogP contribution in [-0.4, -0.2) is 20.9 Å². The van der Waals surface area contributed by atoms with Crippen LogP contribution in [0.3, 0.4) is 0 Å². The third-order valence-corrected chi connectivity index (χ3v) is 5.41. The first kappa shape index (κ1) is 18.4. The molecular weight excluding hydrogens is 348 g/mol. The molecule has 2 aromatic carbocycles. The number of hydrogen-bond acceptors (Lipinski definition) is 3. The van der Waals surface area contributed by atoms with Gasteiger partial charge in [-0.25, -0.2) is 13.1 Å². The summed E-state index contributed by atoms with van der Waals surface area (Å²) >= 11 is 5.89. The van der Waals surface area contributed by atoms with Crippen LogP contribution < -0.4 is 10.0 Å². The minimum atomic E-state index is -3.73. The SMILES string of the molecule is CC(NC(=O)CCNS(=O)(=O)c1ccccc1Cl)c1ccccc1. The summed E-state index contributed by atoms with van der Waals surface area (Å²) in [6, 6.07) is 15.6. The van der Waals surface area contributed by atoms with Gasteiger partial charge in [0.15, 0.2) is 0 Å². The predicted molar refractivity (Wildman–Crippen MR) is 94.3 cm³/mol. The summed E-state index contributed by atoms with van der Waals surface area (Å²) in [5.41, 5.74) is 0.988. The molecule has 128 valence electrons. The minimum absolute atomic E-state index is 0.000892. The number of nitrogens with one attached hydrogen (secondary N) is 2. The number of amides is 1. The van der Waals surface area contributed by atoms with Gasteiger partial charge < -0.3 is 5.32 Å². The van der Waals surface area contributed by atoms with E-state index in [0.717, 1.165) is 5.56 Å². The van der Waals surface area contributed by atoms with Crippen molar-refractivity contribution >= 4 is 27.5 Å². The number of rotatable bonds is 7. The first-order chi connectivity index (χ1) is 11.4. The number of carbonyl (C=O) groups is 1. The van der Waals surface area contributed by atoms with E-state index >= 15 is 0 Å². The van der Waals surface area contributed by atoms with Gasteiger partial charge in [0.2, 0.25) is 15.9 Å². The molecule has 0 saturated carbocycles. The van der Waals surface area contributed by atoms with Gasteiger partial charge in [-0.1, -0.05) is 54.1 Å². The van der Waals surface area contributed by atoms with Crippen molar-refractivity contribution in [2.45, 2.75) is 24.3 Å². The Kier molecular flexibility index (Phi) is 6.36. The van der Waals surface area contributed by atoms with Gasteiger partial charge in [0, 0.05) is 13.0 Å². The third-order valence-electron chi connectivity index (χ3n) is 3.45. The standard InChI is InChI=1S/C17H19ClN2O3S/c1-13(14-7-3-2-4-8-14)20-17(21)11-12-19-24(22,23)16-10-6-5-9-15(16)18/h2-10,13,19H,11-12H2,1H3,(H,20,21). The van der Waals surface area contributed by atoms with Crippen LogP contribution in [0.1, 0.15) is 24.9 Å². The van der Waals surface area contributed by atoms with Crippen molar-refractivity contribution in [2.75, 3.05) is 6.54 Å². The summed E-state index contributed by atoms with van der Waals surface area (Å²) < 4.78 is 26.7. The highest BCUT2D eigenvalue weighted by molar-refractivity contribution is 7.89. The van der Waals surface area contributed by atoms with Gasteiger partial charge in [0.05, 0.1) is 11.1 Å². The molecule has 1 atom stereocenters. The van der Waals surface area contributed by atoms with Crippen LogP contribution >= 0.6 is 11.6 Å². The average Bonchev–Trinajstić information content (AvgIpc) is 2.55. The zero-order valence-electron chi connectivity index (χ0n) is 13.2. The Bertz CT molecular complexity index is 794. The van der Waals surface area contributed by atoms with E-state index in [4.69, 9.17) is 11.6 Å².